The topological polar surface area (TPSA) is 77.8 Å². The molecule has 28 heavy (non-hydrogen) atoms. The highest BCUT2D eigenvalue weighted by Gasteiger charge is 2.35. The SMILES string of the molecule is C=C(C)[C@@H]1CC(C(=O)O)=C[C@H]1c1c(O)cc(C(C)(C)CCCCCC)cc1O. The molecule has 4 nitrogen and oxygen atoms in total. The minimum Gasteiger partial charge on any atom is -0.507 e. The fourth-order valence-corrected chi connectivity index (χ4v) is 4.18. The lowest BCUT2D eigenvalue weighted by Crippen LogP contribution is -2.17. The molecule has 2 rings (SSSR count). The molecule has 0 heterocycles. The number of allylic oxidation sites excluding steroid dienone is 2. The number of phenolic OH excluding ortho intramolecular Hbond substituents is 2. The van der Waals surface area contributed by atoms with E-state index in [1.165, 1.54) is 19.3 Å². The summed E-state index contributed by atoms with van der Waals surface area (Å²) in [5, 5.41) is 30.9. The van der Waals surface area contributed by atoms with Crippen LogP contribution in [0.4, 0.5) is 0 Å². The molecule has 0 unspecified atom stereocenters. The second-order valence-electron chi connectivity index (χ2n) is 8.80. The molecular weight excluding hydrogens is 352 g/mol. The van der Waals surface area contributed by atoms with E-state index in [9.17, 15) is 20.1 Å². The Kier molecular flexibility index (Phi) is 6.97. The molecule has 0 amide bonds. The number of aromatic hydroxyl groups is 2. The number of rotatable bonds is 9. The number of aliphatic carboxylic acids is 1. The standard InChI is InChI=1S/C24H34O4/c1-6-7-8-9-10-24(4,5)17-13-20(25)22(21(26)14-17)19-12-16(23(27)28)11-18(19)15(2)3/h12-14,18-19,25-26H,2,6-11H2,1,3-5H3,(H,27,28)/t18-,19+/m0/s1. The second-order valence-corrected chi connectivity index (χ2v) is 8.80. The van der Waals surface area contributed by atoms with Crippen LogP contribution in [0.3, 0.4) is 0 Å². The Bertz CT molecular complexity index is 750. The normalized spacial score (nSPS) is 19.5. The molecule has 154 valence electrons. The van der Waals surface area contributed by atoms with E-state index in [0.29, 0.717) is 17.6 Å². The molecule has 0 spiro atoms. The second kappa shape index (κ2) is 8.85. The van der Waals surface area contributed by atoms with Gasteiger partial charge >= 0.3 is 5.97 Å². The highest BCUT2D eigenvalue weighted by molar-refractivity contribution is 5.87. The number of carbonyl (C=O) groups is 1. The number of phenols is 2. The molecule has 0 saturated heterocycles. The van der Waals surface area contributed by atoms with Crippen molar-refractivity contribution < 1.29 is 20.1 Å². The van der Waals surface area contributed by atoms with Crippen molar-refractivity contribution in [3.05, 3.63) is 47.1 Å². The van der Waals surface area contributed by atoms with Crippen molar-refractivity contribution in [2.45, 2.75) is 77.6 Å². The Morgan fingerprint density at radius 1 is 1.18 bits per heavy atom. The molecule has 1 aromatic rings. The van der Waals surface area contributed by atoms with Gasteiger partial charge in [0.15, 0.2) is 0 Å². The van der Waals surface area contributed by atoms with E-state index in [2.05, 4.69) is 27.4 Å². The van der Waals surface area contributed by atoms with Crippen LogP contribution in [0.5, 0.6) is 11.5 Å². The lowest BCUT2D eigenvalue weighted by molar-refractivity contribution is -0.132. The molecule has 2 atom stereocenters. The van der Waals surface area contributed by atoms with Crippen LogP contribution in [-0.4, -0.2) is 21.3 Å². The molecule has 1 aliphatic rings. The quantitative estimate of drug-likeness (QED) is 0.357. The zero-order chi connectivity index (χ0) is 21.1. The van der Waals surface area contributed by atoms with Crippen LogP contribution in [0.15, 0.2) is 35.9 Å². The summed E-state index contributed by atoms with van der Waals surface area (Å²) in [5.41, 5.74) is 2.28. The highest BCUT2D eigenvalue weighted by Crippen LogP contribution is 2.49. The maximum atomic E-state index is 11.4. The fourth-order valence-electron chi connectivity index (χ4n) is 4.18. The zero-order valence-electron chi connectivity index (χ0n) is 17.6. The third-order valence-corrected chi connectivity index (χ3v) is 6.07. The number of carboxylic acids is 1. The van der Waals surface area contributed by atoms with Gasteiger partial charge in [0.1, 0.15) is 11.5 Å². The summed E-state index contributed by atoms with van der Waals surface area (Å²) in [7, 11) is 0. The number of hydrogen-bond donors (Lipinski definition) is 3. The summed E-state index contributed by atoms with van der Waals surface area (Å²) in [4.78, 5) is 11.4. The Balaban J connectivity index is 2.35. The van der Waals surface area contributed by atoms with E-state index >= 15 is 0 Å². The molecule has 0 bridgehead atoms. The van der Waals surface area contributed by atoms with Crippen molar-refractivity contribution in [2.75, 3.05) is 0 Å². The minimum atomic E-state index is -0.961. The van der Waals surface area contributed by atoms with Gasteiger partial charge in [-0.25, -0.2) is 4.79 Å². The van der Waals surface area contributed by atoms with Gasteiger partial charge in [-0.3, -0.25) is 0 Å². The van der Waals surface area contributed by atoms with Gasteiger partial charge in [-0.2, -0.15) is 0 Å². The van der Waals surface area contributed by atoms with Gasteiger partial charge in [-0.15, -0.1) is 0 Å². The maximum Gasteiger partial charge on any atom is 0.331 e. The van der Waals surface area contributed by atoms with E-state index in [-0.39, 0.29) is 28.7 Å². The molecule has 4 heteroatoms. The monoisotopic (exact) mass is 386 g/mol. The molecule has 0 fully saturated rings. The lowest BCUT2D eigenvalue weighted by Gasteiger charge is -2.28. The third kappa shape index (κ3) is 4.78. The molecular formula is C24H34O4. The van der Waals surface area contributed by atoms with Gasteiger partial charge in [0.05, 0.1) is 0 Å². The largest absolute Gasteiger partial charge is 0.507 e. The Hall–Kier alpha value is -2.23. The lowest BCUT2D eigenvalue weighted by atomic mass is 9.77. The Morgan fingerprint density at radius 2 is 1.79 bits per heavy atom. The first-order valence-electron chi connectivity index (χ1n) is 10.2. The van der Waals surface area contributed by atoms with Gasteiger partial charge in [-0.05, 0) is 48.8 Å². The first-order valence-corrected chi connectivity index (χ1v) is 10.2. The summed E-state index contributed by atoms with van der Waals surface area (Å²) in [6, 6.07) is 3.47. The van der Waals surface area contributed by atoms with Crippen LogP contribution in [-0.2, 0) is 10.2 Å². The fraction of sp³-hybridized carbons (Fsp3) is 0.542. The molecule has 1 aromatic carbocycles. The predicted molar refractivity (Wildman–Crippen MR) is 113 cm³/mol. The number of carboxylic acid groups (broad SMARTS) is 1. The van der Waals surface area contributed by atoms with Gasteiger partial charge < -0.3 is 15.3 Å². The van der Waals surface area contributed by atoms with Crippen LogP contribution in [0, 0.1) is 5.92 Å². The first-order chi connectivity index (χ1) is 13.1. The average molecular weight is 387 g/mol. The molecule has 0 saturated carbocycles. The van der Waals surface area contributed by atoms with Crippen LogP contribution in [0.1, 0.15) is 83.3 Å². The first kappa shape index (κ1) is 22.1. The van der Waals surface area contributed by atoms with Crippen LogP contribution < -0.4 is 0 Å². The highest BCUT2D eigenvalue weighted by atomic mass is 16.4. The van der Waals surface area contributed by atoms with E-state index in [1.807, 2.05) is 6.92 Å². The minimum absolute atomic E-state index is 0.0239. The average Bonchev–Trinajstić information content (AvgIpc) is 3.03. The molecule has 0 radical (unpaired) electrons. The predicted octanol–water partition coefficient (Wildman–Crippen LogP) is 6.04. The Labute approximate surface area is 168 Å². The number of unbranched alkanes of at least 4 members (excludes halogenated alkanes) is 3. The van der Waals surface area contributed by atoms with Gasteiger partial charge in [0.2, 0.25) is 0 Å². The van der Waals surface area contributed by atoms with Crippen molar-refractivity contribution in [3.8, 4) is 11.5 Å². The van der Waals surface area contributed by atoms with Gasteiger partial charge in [0.25, 0.3) is 0 Å². The summed E-state index contributed by atoms with van der Waals surface area (Å²) < 4.78 is 0. The van der Waals surface area contributed by atoms with Crippen molar-refractivity contribution in [1.82, 2.24) is 0 Å². The van der Waals surface area contributed by atoms with Gasteiger partial charge in [0, 0.05) is 17.1 Å². The van der Waals surface area contributed by atoms with E-state index in [0.717, 1.165) is 24.0 Å². The molecule has 1 aliphatic carbocycles. The molecule has 0 aliphatic heterocycles. The summed E-state index contributed by atoms with van der Waals surface area (Å²) in [6.07, 6.45) is 7.68. The smallest absolute Gasteiger partial charge is 0.331 e. The molecule has 3 N–H and O–H groups in total. The summed E-state index contributed by atoms with van der Waals surface area (Å²) in [5.74, 6) is -1.44. The van der Waals surface area contributed by atoms with Crippen LogP contribution >= 0.6 is 0 Å². The maximum absolute atomic E-state index is 11.4. The van der Waals surface area contributed by atoms with E-state index in [1.54, 1.807) is 18.2 Å². The number of benzene rings is 1. The van der Waals surface area contributed by atoms with Crippen LogP contribution in [0.25, 0.3) is 0 Å². The van der Waals surface area contributed by atoms with Crippen molar-refractivity contribution in [3.63, 3.8) is 0 Å². The zero-order valence-corrected chi connectivity index (χ0v) is 17.6. The summed E-state index contributed by atoms with van der Waals surface area (Å²) >= 11 is 0. The third-order valence-electron chi connectivity index (χ3n) is 6.07. The van der Waals surface area contributed by atoms with Crippen molar-refractivity contribution >= 4 is 5.97 Å². The van der Waals surface area contributed by atoms with Gasteiger partial charge in [-0.1, -0.05) is 64.7 Å². The Morgan fingerprint density at radius 3 is 2.29 bits per heavy atom. The summed E-state index contributed by atoms with van der Waals surface area (Å²) in [6.45, 7) is 12.3. The van der Waals surface area contributed by atoms with Crippen molar-refractivity contribution in [1.29, 1.82) is 0 Å². The molecule has 0 aromatic heterocycles. The van der Waals surface area contributed by atoms with E-state index in [4.69, 9.17) is 0 Å². The van der Waals surface area contributed by atoms with E-state index < -0.39 is 5.97 Å². The number of hydrogen-bond acceptors (Lipinski definition) is 3. The van der Waals surface area contributed by atoms with Crippen molar-refractivity contribution in [2.24, 2.45) is 5.92 Å². The van der Waals surface area contributed by atoms with Crippen LogP contribution in [0.2, 0.25) is 0 Å².